The minimum Gasteiger partial charge on any atom is -0.370 e. The molecule has 6 aliphatic rings. The number of amides is 2. The van der Waals surface area contributed by atoms with E-state index in [9.17, 15) is 0 Å². The van der Waals surface area contributed by atoms with Gasteiger partial charge in [0.2, 0.25) is 0 Å². The van der Waals surface area contributed by atoms with Crippen molar-refractivity contribution in [2.75, 3.05) is 26.3 Å². The molecule has 464 valence electrons. The molecule has 2 saturated carbocycles. The fraction of sp³-hybridized carbons (Fsp3) is 0.886. The molecule has 7 rings (SSSR count). The number of carbonyl (C=O) groups is 2. The minimum atomic E-state index is -1.04. The lowest BCUT2D eigenvalue weighted by atomic mass is 9.72. The Bertz CT molecular complexity index is 1840. The summed E-state index contributed by atoms with van der Waals surface area (Å²) in [6, 6.07) is 10.5. The third-order valence-electron chi connectivity index (χ3n) is 19.9. The molecule has 0 unspecified atom stereocenters. The summed E-state index contributed by atoms with van der Waals surface area (Å²) in [5.74, 6) is 0.190. The van der Waals surface area contributed by atoms with Crippen LogP contribution in [-0.2, 0) is 40.1 Å². The molecule has 4 saturated heterocycles. The lowest BCUT2D eigenvalue weighted by Gasteiger charge is -2.56. The summed E-state index contributed by atoms with van der Waals surface area (Å²) in [4.78, 5) is 51.0. The molecule has 4 spiro atoms. The largest absolute Gasteiger partial charge is 0.370 e. The Morgan fingerprint density at radius 2 is 0.741 bits per heavy atom. The molecular formula is C70H122N4O7. The molecule has 81 heavy (non-hydrogen) atoms. The van der Waals surface area contributed by atoms with Crippen molar-refractivity contribution in [2.24, 2.45) is 0 Å². The van der Waals surface area contributed by atoms with Gasteiger partial charge in [-0.05, 0) is 125 Å². The number of hydroxylamine groups is 4. The first-order valence-electron chi connectivity index (χ1n) is 34.4. The van der Waals surface area contributed by atoms with E-state index in [1.165, 1.54) is 128 Å². The van der Waals surface area contributed by atoms with Gasteiger partial charge in [0.25, 0.3) is 11.8 Å². The maximum absolute atomic E-state index is 16.5. The Labute approximate surface area is 496 Å². The molecule has 6 fully saturated rings. The first-order chi connectivity index (χ1) is 38.8. The Balaban J connectivity index is 1.25. The van der Waals surface area contributed by atoms with Gasteiger partial charge in [-0.1, -0.05) is 198 Å². The maximum Gasteiger partial charge on any atom is 0.257 e. The molecule has 0 bridgehead atoms. The maximum atomic E-state index is 16.5. The Morgan fingerprint density at radius 1 is 0.432 bits per heavy atom. The predicted octanol–water partition coefficient (Wildman–Crippen LogP) is 17.7. The number of rotatable bonds is 23. The van der Waals surface area contributed by atoms with Gasteiger partial charge in [0.1, 0.15) is 11.4 Å². The molecule has 4 heterocycles. The van der Waals surface area contributed by atoms with Gasteiger partial charge in [0.15, 0.2) is 11.2 Å². The number of benzene rings is 1. The number of ether oxygens (including phenoxy) is 3. The average molecular weight is 1130 g/mol. The van der Waals surface area contributed by atoms with E-state index in [2.05, 4.69) is 119 Å². The molecule has 11 nitrogen and oxygen atoms in total. The number of carbonyl (C=O) groups excluding carboxylic acids is 2. The second-order valence-corrected chi connectivity index (χ2v) is 29.4. The van der Waals surface area contributed by atoms with Gasteiger partial charge in [-0.15, -0.1) is 0 Å². The Morgan fingerprint density at radius 3 is 1.07 bits per heavy atom. The summed E-state index contributed by atoms with van der Waals surface area (Å²) in [6.07, 6.45) is 40.4. The topological polar surface area (TPSA) is 93.3 Å². The van der Waals surface area contributed by atoms with Crippen LogP contribution < -0.4 is 0 Å². The zero-order valence-corrected chi connectivity index (χ0v) is 54.0. The van der Waals surface area contributed by atoms with Crippen LogP contribution in [0.15, 0.2) is 30.3 Å². The predicted molar refractivity (Wildman–Crippen MR) is 330 cm³/mol. The first-order valence-corrected chi connectivity index (χ1v) is 34.4. The van der Waals surface area contributed by atoms with Crippen molar-refractivity contribution in [3.05, 3.63) is 35.9 Å². The number of hydrogen-bond acceptors (Lipinski definition) is 9. The van der Waals surface area contributed by atoms with Crippen LogP contribution in [0.25, 0.3) is 0 Å². The number of hydrogen-bond donors (Lipinski definition) is 0. The van der Waals surface area contributed by atoms with Crippen LogP contribution in [0, 0.1) is 0 Å². The number of nitrogens with zero attached hydrogens (tertiary/aromatic N) is 4. The summed E-state index contributed by atoms with van der Waals surface area (Å²) in [5.41, 5.74) is -4.50. The Kier molecular flexibility index (Phi) is 25.0. The quantitative estimate of drug-likeness (QED) is 0.0993. The van der Waals surface area contributed by atoms with Crippen LogP contribution in [0.5, 0.6) is 0 Å². The highest BCUT2D eigenvalue weighted by molar-refractivity contribution is 5.89. The van der Waals surface area contributed by atoms with E-state index in [1.54, 1.807) is 0 Å². The van der Waals surface area contributed by atoms with Crippen molar-refractivity contribution in [1.29, 1.82) is 0 Å². The second kappa shape index (κ2) is 30.5. The van der Waals surface area contributed by atoms with Gasteiger partial charge < -0.3 is 24.0 Å². The van der Waals surface area contributed by atoms with Gasteiger partial charge in [-0.3, -0.25) is 19.3 Å². The molecule has 1 aromatic carbocycles. The third kappa shape index (κ3) is 17.3. The van der Waals surface area contributed by atoms with Crippen LogP contribution in [0.1, 0.15) is 319 Å². The van der Waals surface area contributed by atoms with E-state index < -0.39 is 50.9 Å². The highest BCUT2D eigenvalue weighted by atomic mass is 16.7. The van der Waals surface area contributed by atoms with Crippen molar-refractivity contribution in [1.82, 2.24) is 19.9 Å². The summed E-state index contributed by atoms with van der Waals surface area (Å²) in [7, 11) is 0. The highest BCUT2D eigenvalue weighted by Gasteiger charge is 2.69. The second-order valence-electron chi connectivity index (χ2n) is 29.4. The van der Waals surface area contributed by atoms with Crippen LogP contribution in [0.4, 0.5) is 0 Å². The average Bonchev–Trinajstić information content (AvgIpc) is 3.75. The zero-order chi connectivity index (χ0) is 58.1. The Hall–Kier alpha value is -2.12. The molecule has 11 heteroatoms. The van der Waals surface area contributed by atoms with Gasteiger partial charge in [-0.2, -0.15) is 10.1 Å². The van der Waals surface area contributed by atoms with Gasteiger partial charge in [0.05, 0.1) is 39.0 Å². The molecule has 2 aliphatic carbocycles. The first kappa shape index (κ1) is 66.4. The van der Waals surface area contributed by atoms with Crippen molar-refractivity contribution in [2.45, 2.75) is 371 Å². The van der Waals surface area contributed by atoms with E-state index in [1.807, 2.05) is 0 Å². The molecule has 2 amide bonds. The summed E-state index contributed by atoms with van der Waals surface area (Å²) in [6.45, 7) is 25.1. The molecule has 0 aromatic heterocycles. The molecule has 0 N–H and O–H groups in total. The minimum absolute atomic E-state index is 0.0950. The van der Waals surface area contributed by atoms with E-state index >= 15 is 9.59 Å². The van der Waals surface area contributed by atoms with Gasteiger partial charge in [-0.25, -0.2) is 0 Å². The van der Waals surface area contributed by atoms with Crippen molar-refractivity contribution < 1.29 is 33.5 Å². The lowest BCUT2D eigenvalue weighted by Crippen LogP contribution is -2.67. The number of piperidine rings is 2. The lowest BCUT2D eigenvalue weighted by molar-refractivity contribution is -0.310. The van der Waals surface area contributed by atoms with Gasteiger partial charge >= 0.3 is 0 Å². The highest BCUT2D eigenvalue weighted by Crippen LogP contribution is 2.56. The zero-order valence-electron chi connectivity index (χ0n) is 54.0. The molecule has 0 atom stereocenters. The van der Waals surface area contributed by atoms with Crippen molar-refractivity contribution in [3.63, 3.8) is 0 Å². The summed E-state index contributed by atoms with van der Waals surface area (Å²) < 4.78 is 23.2. The van der Waals surface area contributed by atoms with Crippen LogP contribution >= 0.6 is 0 Å². The van der Waals surface area contributed by atoms with E-state index in [0.717, 1.165) is 95.5 Å². The van der Waals surface area contributed by atoms with Crippen molar-refractivity contribution >= 4 is 11.8 Å². The van der Waals surface area contributed by atoms with Crippen LogP contribution in [0.2, 0.25) is 0 Å². The van der Waals surface area contributed by atoms with E-state index in [4.69, 9.17) is 23.9 Å². The van der Waals surface area contributed by atoms with Crippen LogP contribution in [-0.4, -0.2) is 109 Å². The smallest absolute Gasteiger partial charge is 0.257 e. The molecular weight excluding hydrogens is 1010 g/mol. The molecule has 1 aromatic rings. The third-order valence-corrected chi connectivity index (χ3v) is 19.9. The fourth-order valence-corrected chi connectivity index (χ4v) is 16.8. The van der Waals surface area contributed by atoms with E-state index in [-0.39, 0.29) is 11.8 Å². The van der Waals surface area contributed by atoms with Crippen molar-refractivity contribution in [3.8, 4) is 0 Å². The standard InChI is InChI=1S/C70H122N4O7/c1-11-13-15-17-33-42-50-78-73-63(3,4)55-67(56-64(73,5)6)61(75)71(69(80-67)46-38-29-25-21-19-22-26-30-39-47-69)52-60(77-54-59-44-36-35-37-45-59)53-72-62(76)68(81-70(72)48-40-31-27-23-20-24-28-32-41-49-70)57-65(7,8)74(66(9,10)58-68)79-51-43-34-18-16-14-12-2/h35-37,44-45,60H,11-34,38-43,46-58H2,1-10H3. The summed E-state index contributed by atoms with van der Waals surface area (Å²) in [5, 5.41) is 4.48. The SMILES string of the molecule is CCCCCCCCON1C(C)(C)CC2(CC1(C)C)OC1(CCCCCCCCCCC1)N(CC(CN1C(=O)C3(CC(C)(C)N(OCCCCCCCC)C(C)(C)C3)OC13CCCCCCCCCCC3)OCc1ccccc1)C2=O. The van der Waals surface area contributed by atoms with Crippen LogP contribution in [0.3, 0.4) is 0 Å². The van der Waals surface area contributed by atoms with Gasteiger partial charge in [0, 0.05) is 47.8 Å². The normalized spacial score (nSPS) is 25.3. The molecule has 0 radical (unpaired) electrons. The summed E-state index contributed by atoms with van der Waals surface area (Å²) >= 11 is 0. The number of unbranched alkanes of at least 4 members (excludes halogenated alkanes) is 10. The monoisotopic (exact) mass is 1130 g/mol. The van der Waals surface area contributed by atoms with E-state index in [0.29, 0.717) is 58.6 Å². The fourth-order valence-electron chi connectivity index (χ4n) is 16.8. The molecule has 4 aliphatic heterocycles.